The summed E-state index contributed by atoms with van der Waals surface area (Å²) >= 11 is 5.98. The number of hydrogen-bond acceptors (Lipinski definition) is 5. The van der Waals surface area contributed by atoms with Crippen molar-refractivity contribution in [2.75, 3.05) is 26.5 Å². The Hall–Kier alpha value is -3.20. The van der Waals surface area contributed by atoms with Gasteiger partial charge in [0.2, 0.25) is 5.84 Å². The van der Waals surface area contributed by atoms with Gasteiger partial charge in [0, 0.05) is 18.1 Å². The number of nitrogens with zero attached hydrogens (tertiary/aromatic N) is 6. The van der Waals surface area contributed by atoms with Crippen LogP contribution in [0.2, 0.25) is 5.02 Å². The van der Waals surface area contributed by atoms with Crippen LogP contribution in [0, 0.1) is 6.92 Å². The molecule has 1 saturated heterocycles. The summed E-state index contributed by atoms with van der Waals surface area (Å²) in [4.78, 5) is 31.8. The lowest BCUT2D eigenvalue weighted by atomic mass is 10.2. The molecule has 3 heterocycles. The lowest BCUT2D eigenvalue weighted by molar-refractivity contribution is -0.373. The van der Waals surface area contributed by atoms with Gasteiger partial charge in [-0.25, -0.2) is 24.3 Å². The maximum absolute atomic E-state index is 12.5. The SMILES string of the molecule is Cc1cc(NC2=NC3C(=O)N(C)C(=O)N(C)C3=[N+]2C)n(-c2ccc(Cl)cc2)n1. The van der Waals surface area contributed by atoms with E-state index in [2.05, 4.69) is 15.4 Å². The average molecular weight is 401 g/mol. The zero-order valence-electron chi connectivity index (χ0n) is 15.8. The van der Waals surface area contributed by atoms with Crippen molar-refractivity contribution in [2.24, 2.45) is 4.99 Å². The minimum Gasteiger partial charge on any atom is -0.270 e. The highest BCUT2D eigenvalue weighted by molar-refractivity contribution is 6.30. The maximum Gasteiger partial charge on any atom is 0.374 e. The van der Waals surface area contributed by atoms with Crippen LogP contribution in [0.4, 0.5) is 10.6 Å². The summed E-state index contributed by atoms with van der Waals surface area (Å²) in [6, 6.07) is 8.03. The quantitative estimate of drug-likeness (QED) is 0.775. The molecule has 1 fully saturated rings. The van der Waals surface area contributed by atoms with Crippen LogP contribution >= 0.6 is 11.6 Å². The summed E-state index contributed by atoms with van der Waals surface area (Å²) in [5.74, 6) is 1.30. The zero-order valence-corrected chi connectivity index (χ0v) is 16.6. The lowest BCUT2D eigenvalue weighted by Crippen LogP contribution is -2.59. The minimum absolute atomic E-state index is 0.357. The molecular formula is C18H19ClN7O2+. The van der Waals surface area contributed by atoms with Crippen LogP contribution in [0.5, 0.6) is 0 Å². The second-order valence-corrected chi connectivity index (χ2v) is 7.13. The van der Waals surface area contributed by atoms with Gasteiger partial charge in [0.05, 0.1) is 25.5 Å². The first-order chi connectivity index (χ1) is 13.3. The van der Waals surface area contributed by atoms with Crippen LogP contribution in [0.15, 0.2) is 35.3 Å². The van der Waals surface area contributed by atoms with Crippen molar-refractivity contribution in [3.8, 4) is 5.69 Å². The normalized spacial score (nSPS) is 19.3. The van der Waals surface area contributed by atoms with E-state index in [-0.39, 0.29) is 11.9 Å². The molecular weight excluding hydrogens is 382 g/mol. The highest BCUT2D eigenvalue weighted by Gasteiger charge is 2.50. The van der Waals surface area contributed by atoms with Crippen molar-refractivity contribution in [1.82, 2.24) is 19.6 Å². The number of guanidine groups is 1. The summed E-state index contributed by atoms with van der Waals surface area (Å²) in [7, 11) is 4.85. The Bertz CT molecular complexity index is 1050. The van der Waals surface area contributed by atoms with Gasteiger partial charge in [0.15, 0.2) is 5.82 Å². The van der Waals surface area contributed by atoms with Crippen LogP contribution < -0.4 is 5.32 Å². The first-order valence-corrected chi connectivity index (χ1v) is 8.99. The smallest absolute Gasteiger partial charge is 0.270 e. The van der Waals surface area contributed by atoms with Crippen LogP contribution in [0.25, 0.3) is 5.69 Å². The monoisotopic (exact) mass is 400 g/mol. The number of amides is 3. The molecule has 3 amide bonds. The number of aryl methyl sites for hydroxylation is 1. The van der Waals surface area contributed by atoms with E-state index in [0.717, 1.165) is 16.3 Å². The minimum atomic E-state index is -0.756. The molecule has 9 nitrogen and oxygen atoms in total. The van der Waals surface area contributed by atoms with Gasteiger partial charge in [0.25, 0.3) is 11.9 Å². The predicted octanol–water partition coefficient (Wildman–Crippen LogP) is 1.55. The third-order valence-electron chi connectivity index (χ3n) is 4.78. The van der Waals surface area contributed by atoms with Gasteiger partial charge in [-0.05, 0) is 31.2 Å². The number of benzene rings is 1. The highest BCUT2D eigenvalue weighted by atomic mass is 35.5. The number of likely N-dealkylation sites (N-methyl/N-ethyl adjacent to an activating group) is 2. The van der Waals surface area contributed by atoms with E-state index in [1.807, 2.05) is 25.1 Å². The number of nitrogens with one attached hydrogen (secondary N) is 1. The fraction of sp³-hybridized carbons (Fsp3) is 0.278. The lowest BCUT2D eigenvalue weighted by Gasteiger charge is -2.28. The number of rotatable bonds is 2. The van der Waals surface area contributed by atoms with Gasteiger partial charge in [-0.15, -0.1) is 4.99 Å². The molecule has 10 heteroatoms. The van der Waals surface area contributed by atoms with Crippen LogP contribution in [0.3, 0.4) is 0 Å². The fourth-order valence-electron chi connectivity index (χ4n) is 3.33. The third-order valence-corrected chi connectivity index (χ3v) is 5.03. The number of carbonyl (C=O) groups is 2. The molecule has 1 unspecified atom stereocenters. The summed E-state index contributed by atoms with van der Waals surface area (Å²) < 4.78 is 3.44. The molecule has 1 atom stereocenters. The van der Waals surface area contributed by atoms with Gasteiger partial charge in [-0.3, -0.25) is 9.69 Å². The van der Waals surface area contributed by atoms with Gasteiger partial charge in [-0.1, -0.05) is 11.6 Å². The van der Waals surface area contributed by atoms with Crippen LogP contribution in [-0.2, 0) is 4.79 Å². The summed E-state index contributed by atoms with van der Waals surface area (Å²) in [5.41, 5.74) is 1.64. The molecule has 2 aliphatic heterocycles. The number of amidine groups is 1. The molecule has 1 N–H and O–H groups in total. The summed E-state index contributed by atoms with van der Waals surface area (Å²) in [6.45, 7) is 1.89. The fourth-order valence-corrected chi connectivity index (χ4v) is 3.46. The molecule has 0 bridgehead atoms. The number of urea groups is 1. The van der Waals surface area contributed by atoms with E-state index in [9.17, 15) is 9.59 Å². The standard InChI is InChI=1S/C18H19ClN7O2/c1-10-9-13(26(22-10)12-7-5-11(19)6-8-12)20-17-21-14-15(23(17)2)24(3)18(28)25(4)16(14)27/h5-9,14H,1-4H3,(H,20,21)/q+1. The van der Waals surface area contributed by atoms with E-state index < -0.39 is 6.04 Å². The molecule has 2 aliphatic rings. The number of hydrogen-bond donors (Lipinski definition) is 1. The molecule has 0 aliphatic carbocycles. The molecule has 0 radical (unpaired) electrons. The van der Waals surface area contributed by atoms with Crippen molar-refractivity contribution >= 4 is 41.2 Å². The Labute approximate surface area is 166 Å². The molecule has 28 heavy (non-hydrogen) atoms. The Morgan fingerprint density at radius 2 is 1.82 bits per heavy atom. The number of anilines is 1. The molecule has 4 rings (SSSR count). The van der Waals surface area contributed by atoms with Crippen molar-refractivity contribution < 1.29 is 14.2 Å². The number of carbonyl (C=O) groups excluding carboxylic acids is 2. The van der Waals surface area contributed by atoms with Crippen molar-refractivity contribution in [3.63, 3.8) is 0 Å². The number of aliphatic imine (C=N–C) groups is 1. The van der Waals surface area contributed by atoms with Crippen molar-refractivity contribution in [3.05, 3.63) is 41.0 Å². The molecule has 0 saturated carbocycles. The Kier molecular flexibility index (Phi) is 4.19. The maximum atomic E-state index is 12.5. The van der Waals surface area contributed by atoms with E-state index in [1.165, 1.54) is 11.9 Å². The van der Waals surface area contributed by atoms with Gasteiger partial charge < -0.3 is 0 Å². The zero-order chi connectivity index (χ0) is 20.2. The van der Waals surface area contributed by atoms with E-state index in [0.29, 0.717) is 22.6 Å². The second-order valence-electron chi connectivity index (χ2n) is 6.70. The van der Waals surface area contributed by atoms with E-state index in [4.69, 9.17) is 11.6 Å². The Morgan fingerprint density at radius 1 is 1.14 bits per heavy atom. The van der Waals surface area contributed by atoms with E-state index in [1.54, 1.807) is 35.5 Å². The summed E-state index contributed by atoms with van der Waals surface area (Å²) in [6.07, 6.45) is 0. The molecule has 2 aromatic rings. The first-order valence-electron chi connectivity index (χ1n) is 8.61. The number of halogens is 1. The topological polar surface area (TPSA) is 85.8 Å². The molecule has 1 aromatic carbocycles. The summed E-state index contributed by atoms with van der Waals surface area (Å²) in [5, 5.41) is 8.38. The Morgan fingerprint density at radius 3 is 2.50 bits per heavy atom. The molecule has 1 aromatic heterocycles. The largest absolute Gasteiger partial charge is 0.374 e. The van der Waals surface area contributed by atoms with Gasteiger partial charge >= 0.3 is 12.0 Å². The molecule has 0 spiro atoms. The number of imide groups is 1. The van der Waals surface area contributed by atoms with Gasteiger partial charge in [-0.2, -0.15) is 5.10 Å². The average Bonchev–Trinajstić information content (AvgIpc) is 3.19. The Balaban J connectivity index is 1.71. The van der Waals surface area contributed by atoms with E-state index >= 15 is 0 Å². The van der Waals surface area contributed by atoms with Crippen LogP contribution in [0.1, 0.15) is 5.69 Å². The van der Waals surface area contributed by atoms with Crippen molar-refractivity contribution in [2.45, 2.75) is 13.0 Å². The predicted molar refractivity (Wildman–Crippen MR) is 105 cm³/mol. The molecule has 144 valence electrons. The number of aromatic nitrogens is 2. The van der Waals surface area contributed by atoms with Crippen molar-refractivity contribution in [1.29, 1.82) is 0 Å². The first kappa shape index (κ1) is 18.2. The second kappa shape index (κ2) is 6.45. The third kappa shape index (κ3) is 2.75. The number of fused-ring (bicyclic) bond motifs is 1. The van der Waals surface area contributed by atoms with Gasteiger partial charge in [0.1, 0.15) is 0 Å². The van der Waals surface area contributed by atoms with Crippen LogP contribution in [-0.4, -0.2) is 75.1 Å². The highest BCUT2D eigenvalue weighted by Crippen LogP contribution is 2.22.